The lowest BCUT2D eigenvalue weighted by molar-refractivity contribution is -0.137. The Morgan fingerprint density at radius 1 is 1.26 bits per heavy atom. The largest absolute Gasteiger partial charge is 0.416 e. The Labute approximate surface area is 107 Å². The van der Waals surface area contributed by atoms with Crippen molar-refractivity contribution in [2.24, 2.45) is 0 Å². The predicted molar refractivity (Wildman–Crippen MR) is 63.3 cm³/mol. The Hall–Kier alpha value is -1.98. The number of hydrogen-bond acceptors (Lipinski definition) is 3. The molecule has 3 nitrogen and oxygen atoms in total. The van der Waals surface area contributed by atoms with E-state index in [0.29, 0.717) is 16.8 Å². The quantitative estimate of drug-likeness (QED) is 0.900. The van der Waals surface area contributed by atoms with Crippen LogP contribution in [-0.2, 0) is 6.18 Å². The number of hydrogen-bond donors (Lipinski definition) is 1. The van der Waals surface area contributed by atoms with Crippen LogP contribution in [-0.4, -0.2) is 5.16 Å². The number of anilines is 1. The van der Waals surface area contributed by atoms with E-state index in [2.05, 4.69) is 5.16 Å². The average Bonchev–Trinajstić information content (AvgIpc) is 3.12. The van der Waals surface area contributed by atoms with Crippen molar-refractivity contribution in [2.45, 2.75) is 24.9 Å². The van der Waals surface area contributed by atoms with Crippen LogP contribution in [0.2, 0.25) is 0 Å². The van der Waals surface area contributed by atoms with Gasteiger partial charge in [0.15, 0.2) is 0 Å². The normalized spacial score (nSPS) is 15.7. The van der Waals surface area contributed by atoms with Gasteiger partial charge in [0.05, 0.1) is 16.8 Å². The van der Waals surface area contributed by atoms with E-state index in [1.165, 1.54) is 6.07 Å². The van der Waals surface area contributed by atoms with Crippen molar-refractivity contribution in [2.75, 3.05) is 5.73 Å². The summed E-state index contributed by atoms with van der Waals surface area (Å²) in [6.07, 6.45) is -2.43. The second-order valence-corrected chi connectivity index (χ2v) is 4.66. The second kappa shape index (κ2) is 4.01. The van der Waals surface area contributed by atoms with Crippen LogP contribution in [0.15, 0.2) is 28.8 Å². The lowest BCUT2D eigenvalue weighted by Crippen LogP contribution is -2.04. The molecule has 1 saturated carbocycles. The predicted octanol–water partition coefficient (Wildman–Crippen LogP) is 3.82. The molecular weight excluding hydrogens is 257 g/mol. The molecule has 2 aromatic rings. The number of rotatable bonds is 2. The number of nitrogen functional groups attached to an aromatic ring is 1. The number of nitrogens with two attached hydrogens (primary N) is 1. The fourth-order valence-electron chi connectivity index (χ4n) is 2.09. The Bertz CT molecular complexity index is 615. The summed E-state index contributed by atoms with van der Waals surface area (Å²) < 4.78 is 43.1. The Morgan fingerprint density at radius 3 is 2.63 bits per heavy atom. The topological polar surface area (TPSA) is 52.0 Å². The minimum Gasteiger partial charge on any atom is -0.367 e. The highest BCUT2D eigenvalue weighted by atomic mass is 19.4. The van der Waals surface area contributed by atoms with Gasteiger partial charge in [0, 0.05) is 5.92 Å². The summed E-state index contributed by atoms with van der Waals surface area (Å²) in [5, 5.41) is 3.86. The lowest BCUT2D eigenvalue weighted by Gasteiger charge is -2.08. The maximum Gasteiger partial charge on any atom is 0.416 e. The van der Waals surface area contributed by atoms with Gasteiger partial charge in [0.2, 0.25) is 5.88 Å². The number of nitrogens with zero attached hydrogens (tertiary/aromatic N) is 1. The maximum atomic E-state index is 12.7. The molecule has 1 fully saturated rings. The number of aromatic nitrogens is 1. The first-order valence-corrected chi connectivity index (χ1v) is 5.89. The van der Waals surface area contributed by atoms with Gasteiger partial charge in [-0.2, -0.15) is 13.2 Å². The van der Waals surface area contributed by atoms with Crippen molar-refractivity contribution in [3.8, 4) is 11.1 Å². The molecule has 1 aromatic carbocycles. The molecule has 0 saturated heterocycles. The highest BCUT2D eigenvalue weighted by Crippen LogP contribution is 2.46. The Kier molecular flexibility index (Phi) is 2.55. The lowest BCUT2D eigenvalue weighted by atomic mass is 10.0. The summed E-state index contributed by atoms with van der Waals surface area (Å²) in [7, 11) is 0. The van der Waals surface area contributed by atoms with Crippen LogP contribution in [0, 0.1) is 0 Å². The third kappa shape index (κ3) is 2.18. The van der Waals surface area contributed by atoms with Crippen molar-refractivity contribution in [1.82, 2.24) is 5.16 Å². The number of alkyl halides is 3. The molecule has 0 amide bonds. The van der Waals surface area contributed by atoms with Gasteiger partial charge in [-0.15, -0.1) is 0 Å². The highest BCUT2D eigenvalue weighted by molar-refractivity contribution is 5.76. The van der Waals surface area contributed by atoms with Gasteiger partial charge >= 0.3 is 6.18 Å². The van der Waals surface area contributed by atoms with Gasteiger partial charge in [-0.25, -0.2) is 0 Å². The molecule has 0 spiro atoms. The molecule has 3 rings (SSSR count). The zero-order chi connectivity index (χ0) is 13.6. The summed E-state index contributed by atoms with van der Waals surface area (Å²) in [5.41, 5.74) is 6.54. The van der Waals surface area contributed by atoms with E-state index >= 15 is 0 Å². The molecule has 0 aliphatic heterocycles. The molecule has 1 aliphatic rings. The van der Waals surface area contributed by atoms with E-state index < -0.39 is 11.7 Å². The minimum absolute atomic E-state index is 0.0706. The number of halogens is 3. The summed E-state index contributed by atoms with van der Waals surface area (Å²) in [5.74, 6) is 0.326. The third-order valence-corrected chi connectivity index (χ3v) is 3.19. The van der Waals surface area contributed by atoms with E-state index in [9.17, 15) is 13.2 Å². The van der Waals surface area contributed by atoms with Gasteiger partial charge in [0.1, 0.15) is 0 Å². The van der Waals surface area contributed by atoms with E-state index in [0.717, 1.165) is 25.0 Å². The van der Waals surface area contributed by atoms with Crippen molar-refractivity contribution in [3.05, 3.63) is 35.5 Å². The van der Waals surface area contributed by atoms with Gasteiger partial charge in [-0.3, -0.25) is 0 Å². The first kappa shape index (κ1) is 12.1. The van der Waals surface area contributed by atoms with Crippen LogP contribution in [0.1, 0.15) is 30.0 Å². The fourth-order valence-corrected chi connectivity index (χ4v) is 2.09. The molecule has 1 aliphatic carbocycles. The minimum atomic E-state index is -4.37. The Balaban J connectivity index is 2.09. The summed E-state index contributed by atoms with van der Waals surface area (Å²) in [6, 6.07) is 5.06. The van der Waals surface area contributed by atoms with Crippen molar-refractivity contribution in [3.63, 3.8) is 0 Å². The van der Waals surface area contributed by atoms with Crippen molar-refractivity contribution < 1.29 is 17.7 Å². The molecule has 6 heteroatoms. The van der Waals surface area contributed by atoms with E-state index in [4.69, 9.17) is 10.3 Å². The van der Waals surface area contributed by atoms with Gasteiger partial charge in [-0.05, 0) is 30.5 Å². The highest BCUT2D eigenvalue weighted by Gasteiger charge is 2.34. The molecule has 2 N–H and O–H groups in total. The smallest absolute Gasteiger partial charge is 0.367 e. The van der Waals surface area contributed by atoms with Crippen LogP contribution >= 0.6 is 0 Å². The standard InChI is InChI=1S/C13H11F3N2O/c14-13(15,16)9-3-1-2-8(6-9)10-11(7-4-5-7)18-19-12(10)17/h1-3,6-7H,4-5,17H2. The van der Waals surface area contributed by atoms with Crippen LogP contribution in [0.5, 0.6) is 0 Å². The summed E-state index contributed by atoms with van der Waals surface area (Å²) >= 11 is 0. The Morgan fingerprint density at radius 2 is 2.00 bits per heavy atom. The van der Waals surface area contributed by atoms with E-state index in [1.54, 1.807) is 6.07 Å². The molecule has 0 bridgehead atoms. The molecular formula is C13H11F3N2O. The second-order valence-electron chi connectivity index (χ2n) is 4.66. The molecule has 0 unspecified atom stereocenters. The van der Waals surface area contributed by atoms with Crippen molar-refractivity contribution >= 4 is 5.88 Å². The van der Waals surface area contributed by atoms with Crippen LogP contribution < -0.4 is 5.73 Å². The zero-order valence-corrected chi connectivity index (χ0v) is 9.87. The summed E-state index contributed by atoms with van der Waals surface area (Å²) in [6.45, 7) is 0. The molecule has 1 aromatic heterocycles. The SMILES string of the molecule is Nc1onc(C2CC2)c1-c1cccc(C(F)(F)F)c1. The molecule has 0 radical (unpaired) electrons. The van der Waals surface area contributed by atoms with Crippen LogP contribution in [0.3, 0.4) is 0 Å². The molecule has 100 valence electrons. The zero-order valence-electron chi connectivity index (χ0n) is 9.87. The average molecular weight is 268 g/mol. The van der Waals surface area contributed by atoms with E-state index in [1.807, 2.05) is 0 Å². The van der Waals surface area contributed by atoms with Gasteiger partial charge in [-0.1, -0.05) is 17.3 Å². The maximum absolute atomic E-state index is 12.7. The van der Waals surface area contributed by atoms with Crippen molar-refractivity contribution in [1.29, 1.82) is 0 Å². The van der Waals surface area contributed by atoms with Gasteiger partial charge in [0.25, 0.3) is 0 Å². The fraction of sp³-hybridized carbons (Fsp3) is 0.308. The monoisotopic (exact) mass is 268 g/mol. The number of benzene rings is 1. The van der Waals surface area contributed by atoms with Gasteiger partial charge < -0.3 is 10.3 Å². The molecule has 0 atom stereocenters. The van der Waals surface area contributed by atoms with E-state index in [-0.39, 0.29) is 11.8 Å². The first-order chi connectivity index (χ1) is 8.97. The van der Waals surface area contributed by atoms with Crippen LogP contribution in [0.25, 0.3) is 11.1 Å². The molecule has 19 heavy (non-hydrogen) atoms. The molecule has 1 heterocycles. The van der Waals surface area contributed by atoms with Crippen LogP contribution in [0.4, 0.5) is 19.1 Å². The first-order valence-electron chi connectivity index (χ1n) is 5.89. The summed E-state index contributed by atoms with van der Waals surface area (Å²) in [4.78, 5) is 0. The third-order valence-electron chi connectivity index (χ3n) is 3.19.